The van der Waals surface area contributed by atoms with Gasteiger partial charge in [0.05, 0.1) is 24.8 Å². The first-order valence-electron chi connectivity index (χ1n) is 14.4. The average molecular weight is 558 g/mol. The molecular formula is C29H49FNO6P. The fourth-order valence-corrected chi connectivity index (χ4v) is 4.67. The van der Waals surface area contributed by atoms with Gasteiger partial charge in [0.1, 0.15) is 6.10 Å². The van der Waals surface area contributed by atoms with E-state index in [1.807, 2.05) is 6.07 Å². The fourth-order valence-electron chi connectivity index (χ4n) is 4.31. The molecule has 0 spiro atoms. The zero-order valence-corrected chi connectivity index (χ0v) is 24.4. The summed E-state index contributed by atoms with van der Waals surface area (Å²) in [6, 6.07) is 4.36. The van der Waals surface area contributed by atoms with Gasteiger partial charge in [0.15, 0.2) is 11.6 Å². The lowest BCUT2D eigenvalue weighted by Crippen LogP contribution is -2.29. The van der Waals surface area contributed by atoms with Crippen molar-refractivity contribution in [1.82, 2.24) is 0 Å². The molecule has 1 rings (SSSR count). The molecule has 0 saturated carbocycles. The van der Waals surface area contributed by atoms with Crippen LogP contribution in [0.25, 0.3) is 0 Å². The number of phosphoric acid groups is 1. The summed E-state index contributed by atoms with van der Waals surface area (Å²) in [4.78, 5) is 18.0. The number of hydrogen-bond donors (Lipinski definition) is 2. The first-order valence-corrected chi connectivity index (χ1v) is 15.9. The van der Waals surface area contributed by atoms with Crippen molar-refractivity contribution in [1.29, 1.82) is 5.26 Å². The van der Waals surface area contributed by atoms with Gasteiger partial charge in [0, 0.05) is 6.61 Å². The molecule has 1 unspecified atom stereocenters. The maximum atomic E-state index is 14.3. The highest BCUT2D eigenvalue weighted by Crippen LogP contribution is 2.36. The molecule has 38 heavy (non-hydrogen) atoms. The van der Waals surface area contributed by atoms with Gasteiger partial charge in [-0.15, -0.1) is 0 Å². The Bertz CT molecular complexity index is 841. The number of benzene rings is 1. The van der Waals surface area contributed by atoms with Gasteiger partial charge in [0.25, 0.3) is 0 Å². The smallest absolute Gasteiger partial charge is 0.469 e. The highest BCUT2D eigenvalue weighted by Gasteiger charge is 2.21. The van der Waals surface area contributed by atoms with E-state index in [0.717, 1.165) is 25.3 Å². The summed E-state index contributed by atoms with van der Waals surface area (Å²) < 4.78 is 41.2. The molecule has 1 aromatic carbocycles. The maximum Gasteiger partial charge on any atom is 0.469 e. The van der Waals surface area contributed by atoms with Crippen molar-refractivity contribution >= 4 is 7.82 Å². The van der Waals surface area contributed by atoms with Crippen LogP contribution in [-0.2, 0) is 13.8 Å². The van der Waals surface area contributed by atoms with Gasteiger partial charge in [-0.05, 0) is 31.0 Å². The van der Waals surface area contributed by atoms with Gasteiger partial charge < -0.3 is 19.3 Å². The van der Waals surface area contributed by atoms with E-state index in [2.05, 4.69) is 11.4 Å². The van der Waals surface area contributed by atoms with Crippen molar-refractivity contribution in [3.8, 4) is 11.8 Å². The average Bonchev–Trinajstić information content (AvgIpc) is 2.87. The van der Waals surface area contributed by atoms with E-state index in [0.29, 0.717) is 12.2 Å². The van der Waals surface area contributed by atoms with Gasteiger partial charge >= 0.3 is 7.82 Å². The molecule has 7 nitrogen and oxygen atoms in total. The van der Waals surface area contributed by atoms with Crippen LogP contribution in [0.3, 0.4) is 0 Å². The van der Waals surface area contributed by atoms with Crippen molar-refractivity contribution in [2.24, 2.45) is 0 Å². The molecule has 2 N–H and O–H groups in total. The molecule has 0 aliphatic heterocycles. The van der Waals surface area contributed by atoms with Crippen molar-refractivity contribution in [2.75, 3.05) is 19.8 Å². The summed E-state index contributed by atoms with van der Waals surface area (Å²) >= 11 is 0. The third-order valence-electron chi connectivity index (χ3n) is 6.57. The van der Waals surface area contributed by atoms with Gasteiger partial charge in [0.2, 0.25) is 0 Å². The number of hydrogen-bond acceptors (Lipinski definition) is 5. The van der Waals surface area contributed by atoms with Crippen LogP contribution in [0.2, 0.25) is 0 Å². The Labute approximate surface area is 229 Å². The highest BCUT2D eigenvalue weighted by atomic mass is 31.2. The molecule has 0 radical (unpaired) electrons. The zero-order chi connectivity index (χ0) is 28.1. The minimum Gasteiger partial charge on any atom is -0.482 e. The number of nitriles is 1. The molecule has 1 atom stereocenters. The summed E-state index contributed by atoms with van der Waals surface area (Å²) in [7, 11) is -4.71. The molecule has 0 aliphatic rings. The molecule has 0 amide bonds. The van der Waals surface area contributed by atoms with Crippen LogP contribution in [0.15, 0.2) is 12.1 Å². The Hall–Kier alpha value is -1.49. The van der Waals surface area contributed by atoms with E-state index in [-0.39, 0.29) is 17.9 Å². The molecule has 0 bridgehead atoms. The van der Waals surface area contributed by atoms with Crippen molar-refractivity contribution in [3.63, 3.8) is 0 Å². The topological polar surface area (TPSA) is 109 Å². The molecule has 218 valence electrons. The molecular weight excluding hydrogens is 508 g/mol. The first-order chi connectivity index (χ1) is 18.3. The van der Waals surface area contributed by atoms with E-state index in [1.165, 1.54) is 89.5 Å². The minimum absolute atomic E-state index is 0.00275. The Morgan fingerprint density at radius 3 is 1.84 bits per heavy atom. The second-order valence-electron chi connectivity index (χ2n) is 10.1. The molecule has 0 saturated heterocycles. The number of phosphoric ester groups is 1. The maximum absolute atomic E-state index is 14.3. The number of halogens is 1. The fraction of sp³-hybridized carbons (Fsp3) is 0.759. The quantitative estimate of drug-likeness (QED) is 0.0975. The lowest BCUT2D eigenvalue weighted by atomic mass is 10.0. The number of nitrogens with zero attached hydrogens (tertiary/aromatic N) is 1. The second kappa shape index (κ2) is 21.3. The van der Waals surface area contributed by atoms with E-state index >= 15 is 0 Å². The summed E-state index contributed by atoms with van der Waals surface area (Å²) in [6.07, 6.45) is 19.6. The van der Waals surface area contributed by atoms with E-state index in [1.54, 1.807) is 6.92 Å². The van der Waals surface area contributed by atoms with Gasteiger partial charge in [-0.25, -0.2) is 8.96 Å². The van der Waals surface area contributed by atoms with Crippen LogP contribution < -0.4 is 4.74 Å². The summed E-state index contributed by atoms with van der Waals surface area (Å²) in [5, 5.41) is 9.03. The Kier molecular flexibility index (Phi) is 19.4. The number of unbranched alkanes of at least 4 members (excludes halogenated alkanes) is 15. The molecule has 9 heteroatoms. The lowest BCUT2D eigenvalue weighted by Gasteiger charge is -2.20. The molecule has 0 fully saturated rings. The molecule has 1 aromatic rings. The highest BCUT2D eigenvalue weighted by molar-refractivity contribution is 7.46. The third-order valence-corrected chi connectivity index (χ3v) is 7.05. The Morgan fingerprint density at radius 2 is 1.37 bits per heavy atom. The largest absolute Gasteiger partial charge is 0.482 e. The van der Waals surface area contributed by atoms with Crippen LogP contribution >= 0.6 is 7.82 Å². The molecule has 0 aliphatic carbocycles. The molecule has 0 heterocycles. The van der Waals surface area contributed by atoms with E-state index in [4.69, 9.17) is 24.5 Å². The number of ether oxygens (including phenoxy) is 2. The SMILES string of the molecule is CCCCCCCCCCCCCCCCCCOCC(COP(=O)(O)O)Oc1cc(C)c(C#N)cc1F. The van der Waals surface area contributed by atoms with Crippen LogP contribution in [0.4, 0.5) is 4.39 Å². The predicted octanol–water partition coefficient (Wildman–Crippen LogP) is 8.14. The standard InChI is InChI=1S/C29H49FNO6P/c1-3-4-5-6-7-8-9-10-11-12-13-14-15-16-17-18-19-35-23-27(24-36-38(32,33)34)37-29-20-25(2)26(22-31)21-28(29)30/h20-21,27H,3-19,23-24H2,1-2H3,(H2,32,33,34). The van der Waals surface area contributed by atoms with Gasteiger partial charge in [-0.2, -0.15) is 5.26 Å². The van der Waals surface area contributed by atoms with Crippen LogP contribution in [0, 0.1) is 24.1 Å². The zero-order valence-electron chi connectivity index (χ0n) is 23.5. The normalized spacial score (nSPS) is 12.4. The van der Waals surface area contributed by atoms with Crippen molar-refractivity contribution in [2.45, 2.75) is 123 Å². The number of rotatable bonds is 24. The van der Waals surface area contributed by atoms with E-state index in [9.17, 15) is 8.96 Å². The third kappa shape index (κ3) is 17.9. The first kappa shape index (κ1) is 34.5. The van der Waals surface area contributed by atoms with E-state index < -0.39 is 26.4 Å². The monoisotopic (exact) mass is 557 g/mol. The van der Waals surface area contributed by atoms with Crippen molar-refractivity contribution < 1.29 is 32.7 Å². The van der Waals surface area contributed by atoms with Crippen molar-refractivity contribution in [3.05, 3.63) is 29.1 Å². The summed E-state index contributed by atoms with van der Waals surface area (Å²) in [5.74, 6) is -0.849. The van der Waals surface area contributed by atoms with Crippen LogP contribution in [-0.4, -0.2) is 35.7 Å². The predicted molar refractivity (Wildman–Crippen MR) is 149 cm³/mol. The Morgan fingerprint density at radius 1 is 0.868 bits per heavy atom. The molecule has 0 aromatic heterocycles. The van der Waals surface area contributed by atoms with Crippen LogP contribution in [0.1, 0.15) is 121 Å². The van der Waals surface area contributed by atoms with Gasteiger partial charge in [-0.3, -0.25) is 4.52 Å². The summed E-state index contributed by atoms with van der Waals surface area (Å²) in [5.41, 5.74) is 0.727. The second-order valence-corrected chi connectivity index (χ2v) is 11.4. The lowest BCUT2D eigenvalue weighted by molar-refractivity contribution is 0.0163. The minimum atomic E-state index is -4.71. The Balaban J connectivity index is 2.15. The van der Waals surface area contributed by atoms with Crippen LogP contribution in [0.5, 0.6) is 5.75 Å². The van der Waals surface area contributed by atoms with Gasteiger partial charge in [-0.1, -0.05) is 103 Å². The summed E-state index contributed by atoms with van der Waals surface area (Å²) in [6.45, 7) is 3.93. The number of aryl methyl sites for hydroxylation is 1.